The molecule has 0 aliphatic heterocycles. The van der Waals surface area contributed by atoms with Crippen LogP contribution in [0.25, 0.3) is 0 Å². The standard InChI is InChI=1S/C8H11F3O2/c9-8(10,11)7(13)5-3-1-2-4-6(5)12/h5,7,13H,1-4H2/t5-,7+/m1/s1. The molecule has 0 aromatic carbocycles. The highest BCUT2D eigenvalue weighted by atomic mass is 19.4. The van der Waals surface area contributed by atoms with Crippen molar-refractivity contribution in [2.45, 2.75) is 38.0 Å². The van der Waals surface area contributed by atoms with Crippen LogP contribution in [0, 0.1) is 5.92 Å². The fraction of sp³-hybridized carbons (Fsp3) is 0.875. The third-order valence-corrected chi connectivity index (χ3v) is 2.32. The first kappa shape index (κ1) is 10.5. The van der Waals surface area contributed by atoms with Gasteiger partial charge in [0.2, 0.25) is 0 Å². The summed E-state index contributed by atoms with van der Waals surface area (Å²) in [5.74, 6) is -1.69. The summed E-state index contributed by atoms with van der Waals surface area (Å²) in [5, 5.41) is 8.84. The van der Waals surface area contributed by atoms with Gasteiger partial charge in [-0.05, 0) is 12.8 Å². The number of hydrogen-bond acceptors (Lipinski definition) is 2. The van der Waals surface area contributed by atoms with Crippen LogP contribution in [-0.4, -0.2) is 23.2 Å². The molecule has 0 aromatic rings. The van der Waals surface area contributed by atoms with Crippen molar-refractivity contribution < 1.29 is 23.1 Å². The molecule has 0 spiro atoms. The van der Waals surface area contributed by atoms with E-state index in [9.17, 15) is 18.0 Å². The maximum absolute atomic E-state index is 12.0. The summed E-state index contributed by atoms with van der Waals surface area (Å²) in [6.45, 7) is 0. The zero-order chi connectivity index (χ0) is 10.1. The van der Waals surface area contributed by atoms with E-state index in [1.807, 2.05) is 0 Å². The Balaban J connectivity index is 2.64. The Kier molecular flexibility index (Phi) is 2.95. The van der Waals surface area contributed by atoms with E-state index in [1.54, 1.807) is 0 Å². The van der Waals surface area contributed by atoms with Crippen molar-refractivity contribution in [3.8, 4) is 0 Å². The van der Waals surface area contributed by atoms with Crippen LogP contribution < -0.4 is 0 Å². The van der Waals surface area contributed by atoms with E-state index in [0.717, 1.165) is 0 Å². The highest BCUT2D eigenvalue weighted by molar-refractivity contribution is 5.82. The van der Waals surface area contributed by atoms with Gasteiger partial charge in [0.25, 0.3) is 0 Å². The van der Waals surface area contributed by atoms with Crippen LogP contribution in [0.3, 0.4) is 0 Å². The summed E-state index contributed by atoms with van der Waals surface area (Å²) < 4.78 is 36.0. The Bertz CT molecular complexity index is 200. The monoisotopic (exact) mass is 196 g/mol. The minimum absolute atomic E-state index is 0.152. The molecule has 76 valence electrons. The van der Waals surface area contributed by atoms with Gasteiger partial charge in [-0.1, -0.05) is 6.42 Å². The van der Waals surface area contributed by atoms with Crippen LogP contribution in [0.15, 0.2) is 0 Å². The van der Waals surface area contributed by atoms with E-state index >= 15 is 0 Å². The molecule has 0 amide bonds. The first-order valence-corrected chi connectivity index (χ1v) is 4.20. The minimum atomic E-state index is -4.67. The van der Waals surface area contributed by atoms with E-state index < -0.39 is 24.0 Å². The third kappa shape index (κ3) is 2.43. The number of carbonyl (C=O) groups excluding carboxylic acids is 1. The lowest BCUT2D eigenvalue weighted by Crippen LogP contribution is -2.41. The predicted molar refractivity (Wildman–Crippen MR) is 39.0 cm³/mol. The molecule has 0 radical (unpaired) electrons. The average molecular weight is 196 g/mol. The molecule has 2 atom stereocenters. The van der Waals surface area contributed by atoms with Crippen molar-refractivity contribution in [3.63, 3.8) is 0 Å². The lowest BCUT2D eigenvalue weighted by Gasteiger charge is -2.26. The van der Waals surface area contributed by atoms with Gasteiger partial charge < -0.3 is 5.11 Å². The quantitative estimate of drug-likeness (QED) is 0.692. The molecule has 5 heteroatoms. The van der Waals surface area contributed by atoms with E-state index in [-0.39, 0.29) is 12.8 Å². The lowest BCUT2D eigenvalue weighted by atomic mass is 9.84. The molecular formula is C8H11F3O2. The van der Waals surface area contributed by atoms with Gasteiger partial charge in [-0.2, -0.15) is 13.2 Å². The largest absolute Gasteiger partial charge is 0.415 e. The Labute approximate surface area is 73.7 Å². The molecule has 1 rings (SSSR count). The summed E-state index contributed by atoms with van der Waals surface area (Å²) in [4.78, 5) is 11.0. The topological polar surface area (TPSA) is 37.3 Å². The zero-order valence-corrected chi connectivity index (χ0v) is 6.97. The summed E-state index contributed by atoms with van der Waals surface area (Å²) in [7, 11) is 0. The van der Waals surface area contributed by atoms with Crippen molar-refractivity contribution in [1.29, 1.82) is 0 Å². The minimum Gasteiger partial charge on any atom is -0.383 e. The Hall–Kier alpha value is -0.580. The smallest absolute Gasteiger partial charge is 0.383 e. The second-order valence-electron chi connectivity index (χ2n) is 3.31. The maximum Gasteiger partial charge on any atom is 0.415 e. The molecule has 0 bridgehead atoms. The molecule has 1 N–H and O–H groups in total. The molecule has 1 saturated carbocycles. The van der Waals surface area contributed by atoms with Gasteiger partial charge in [0, 0.05) is 6.42 Å². The number of aliphatic hydroxyl groups excluding tert-OH is 1. The number of ketones is 1. The summed E-state index contributed by atoms with van der Waals surface area (Å²) >= 11 is 0. The number of halogens is 3. The first-order chi connectivity index (χ1) is 5.93. The highest BCUT2D eigenvalue weighted by Crippen LogP contribution is 2.32. The van der Waals surface area contributed by atoms with Gasteiger partial charge in [0.1, 0.15) is 5.78 Å². The normalized spacial score (nSPS) is 27.4. The predicted octanol–water partition coefficient (Wildman–Crippen LogP) is 1.67. The Morgan fingerprint density at radius 3 is 2.46 bits per heavy atom. The second-order valence-corrected chi connectivity index (χ2v) is 3.31. The second kappa shape index (κ2) is 3.65. The van der Waals surface area contributed by atoms with Crippen LogP contribution in [0.1, 0.15) is 25.7 Å². The fourth-order valence-electron chi connectivity index (χ4n) is 1.57. The summed E-state index contributed by atoms with van der Waals surface area (Å²) in [6.07, 6.45) is -5.60. The molecule has 13 heavy (non-hydrogen) atoms. The molecule has 0 heterocycles. The van der Waals surface area contributed by atoms with Gasteiger partial charge >= 0.3 is 6.18 Å². The van der Waals surface area contributed by atoms with Crippen LogP contribution in [0.2, 0.25) is 0 Å². The van der Waals surface area contributed by atoms with E-state index in [1.165, 1.54) is 0 Å². The number of aliphatic hydroxyl groups is 1. The number of hydrogen-bond donors (Lipinski definition) is 1. The maximum atomic E-state index is 12.0. The molecule has 0 saturated heterocycles. The van der Waals surface area contributed by atoms with Gasteiger partial charge in [0.15, 0.2) is 6.10 Å². The summed E-state index contributed by atoms with van der Waals surface area (Å²) in [6, 6.07) is 0. The SMILES string of the molecule is O=C1CCCC[C@H]1[C@H](O)C(F)(F)F. The van der Waals surface area contributed by atoms with Crippen molar-refractivity contribution in [3.05, 3.63) is 0 Å². The van der Waals surface area contributed by atoms with Crippen molar-refractivity contribution in [2.75, 3.05) is 0 Å². The summed E-state index contributed by atoms with van der Waals surface area (Å²) in [5.41, 5.74) is 0. The van der Waals surface area contributed by atoms with Gasteiger partial charge in [0.05, 0.1) is 5.92 Å². The third-order valence-electron chi connectivity index (χ3n) is 2.32. The van der Waals surface area contributed by atoms with Crippen LogP contribution in [0.5, 0.6) is 0 Å². The first-order valence-electron chi connectivity index (χ1n) is 4.20. The Morgan fingerprint density at radius 2 is 2.00 bits per heavy atom. The van der Waals surface area contributed by atoms with E-state index in [2.05, 4.69) is 0 Å². The number of alkyl halides is 3. The zero-order valence-electron chi connectivity index (χ0n) is 6.97. The van der Waals surface area contributed by atoms with E-state index in [4.69, 9.17) is 5.11 Å². The van der Waals surface area contributed by atoms with Crippen molar-refractivity contribution >= 4 is 5.78 Å². The Morgan fingerprint density at radius 1 is 1.38 bits per heavy atom. The fourth-order valence-corrected chi connectivity index (χ4v) is 1.57. The molecule has 0 aromatic heterocycles. The lowest BCUT2D eigenvalue weighted by molar-refractivity contribution is -0.220. The van der Waals surface area contributed by atoms with Crippen LogP contribution >= 0.6 is 0 Å². The number of rotatable bonds is 1. The van der Waals surface area contributed by atoms with Crippen molar-refractivity contribution in [1.82, 2.24) is 0 Å². The molecule has 1 aliphatic carbocycles. The number of carbonyl (C=O) groups is 1. The van der Waals surface area contributed by atoms with Gasteiger partial charge in [-0.25, -0.2) is 0 Å². The molecule has 1 aliphatic rings. The molecular weight excluding hydrogens is 185 g/mol. The van der Waals surface area contributed by atoms with Crippen molar-refractivity contribution in [2.24, 2.45) is 5.92 Å². The van der Waals surface area contributed by atoms with Gasteiger partial charge in [-0.15, -0.1) is 0 Å². The number of Topliss-reactive ketones (excluding diaryl/α,β-unsaturated/α-hetero) is 1. The highest BCUT2D eigenvalue weighted by Gasteiger charge is 2.46. The van der Waals surface area contributed by atoms with Crippen LogP contribution in [0.4, 0.5) is 13.2 Å². The molecule has 2 nitrogen and oxygen atoms in total. The van der Waals surface area contributed by atoms with Gasteiger partial charge in [-0.3, -0.25) is 4.79 Å². The van der Waals surface area contributed by atoms with Crippen LogP contribution in [-0.2, 0) is 4.79 Å². The molecule has 0 unspecified atom stereocenters. The van der Waals surface area contributed by atoms with E-state index in [0.29, 0.717) is 12.8 Å². The molecule has 1 fully saturated rings. The average Bonchev–Trinajstić information content (AvgIpc) is 2.02.